The van der Waals surface area contributed by atoms with Crippen LogP contribution in [-0.2, 0) is 14.3 Å². The smallest absolute Gasteiger partial charge is 0.217 e. The molecule has 0 spiro atoms. The molecule has 0 aromatic carbocycles. The molecule has 0 saturated carbocycles. The zero-order chi connectivity index (χ0) is 16.5. The minimum atomic E-state index is -1.29. The van der Waals surface area contributed by atoms with E-state index in [-0.39, 0.29) is 5.91 Å². The van der Waals surface area contributed by atoms with Gasteiger partial charge in [0.25, 0.3) is 0 Å². The molecule has 7 nitrogen and oxygen atoms in total. The molecule has 4 N–H and O–H groups in total. The number of unbranched alkanes of at least 4 members (excludes halogenated alkanes) is 3. The molecule has 130 valence electrons. The highest BCUT2D eigenvalue weighted by Crippen LogP contribution is 2.22. The Morgan fingerprint density at radius 1 is 1.23 bits per heavy atom. The molecule has 1 aliphatic rings. The SMILES string of the molecule is CC(=O)N[C@H]1[C@@H](OCCCCCCCl)O[C@@H](CO)[C@@H](O)[C@@H]1O. The van der Waals surface area contributed by atoms with Crippen LogP contribution in [0, 0.1) is 0 Å². The number of aliphatic hydroxyl groups excluding tert-OH is 3. The first-order valence-electron chi connectivity index (χ1n) is 7.58. The zero-order valence-electron chi connectivity index (χ0n) is 12.8. The van der Waals surface area contributed by atoms with E-state index in [1.807, 2.05) is 0 Å². The van der Waals surface area contributed by atoms with Crippen LogP contribution >= 0.6 is 11.6 Å². The maximum absolute atomic E-state index is 11.2. The van der Waals surface area contributed by atoms with E-state index >= 15 is 0 Å². The van der Waals surface area contributed by atoms with Gasteiger partial charge in [0.2, 0.25) is 5.91 Å². The number of nitrogens with one attached hydrogen (secondary N) is 1. The van der Waals surface area contributed by atoms with Crippen molar-refractivity contribution >= 4 is 17.5 Å². The number of rotatable bonds is 9. The number of halogens is 1. The predicted octanol–water partition coefficient (Wildman–Crippen LogP) is -0.254. The first-order chi connectivity index (χ1) is 10.5. The summed E-state index contributed by atoms with van der Waals surface area (Å²) in [5, 5.41) is 31.6. The van der Waals surface area contributed by atoms with Crippen LogP contribution < -0.4 is 5.32 Å². The largest absolute Gasteiger partial charge is 0.394 e. The maximum atomic E-state index is 11.2. The Morgan fingerprint density at radius 2 is 1.91 bits per heavy atom. The lowest BCUT2D eigenvalue weighted by Crippen LogP contribution is -2.64. The molecule has 5 atom stereocenters. The lowest BCUT2D eigenvalue weighted by Gasteiger charge is -2.42. The minimum Gasteiger partial charge on any atom is -0.394 e. The van der Waals surface area contributed by atoms with Crippen molar-refractivity contribution in [3.63, 3.8) is 0 Å². The van der Waals surface area contributed by atoms with Crippen LogP contribution in [0.1, 0.15) is 32.6 Å². The van der Waals surface area contributed by atoms with Gasteiger partial charge in [-0.15, -0.1) is 11.6 Å². The summed E-state index contributed by atoms with van der Waals surface area (Å²) in [4.78, 5) is 11.2. The van der Waals surface area contributed by atoms with E-state index in [0.717, 1.165) is 25.7 Å². The van der Waals surface area contributed by atoms with Crippen LogP contribution in [0.15, 0.2) is 0 Å². The first kappa shape index (κ1) is 19.6. The topological polar surface area (TPSA) is 108 Å². The third kappa shape index (κ3) is 5.98. The Morgan fingerprint density at radius 3 is 2.50 bits per heavy atom. The lowest BCUT2D eigenvalue weighted by molar-refractivity contribution is -0.270. The van der Waals surface area contributed by atoms with E-state index in [0.29, 0.717) is 12.5 Å². The number of hydrogen-bond donors (Lipinski definition) is 4. The summed E-state index contributed by atoms with van der Waals surface area (Å²) in [5.74, 6) is 0.275. The molecule has 1 rings (SSSR count). The van der Waals surface area contributed by atoms with Gasteiger partial charge < -0.3 is 30.1 Å². The second kappa shape index (κ2) is 10.4. The van der Waals surface area contributed by atoms with Crippen LogP contribution in [0.3, 0.4) is 0 Å². The van der Waals surface area contributed by atoms with E-state index in [9.17, 15) is 20.1 Å². The van der Waals surface area contributed by atoms with E-state index in [1.165, 1.54) is 6.92 Å². The fraction of sp³-hybridized carbons (Fsp3) is 0.929. The molecule has 0 radical (unpaired) electrons. The highest BCUT2D eigenvalue weighted by Gasteiger charge is 2.45. The molecule has 1 saturated heterocycles. The molecule has 0 bridgehead atoms. The van der Waals surface area contributed by atoms with Gasteiger partial charge in [-0.1, -0.05) is 12.8 Å². The lowest BCUT2D eigenvalue weighted by atomic mass is 9.97. The van der Waals surface area contributed by atoms with E-state index in [2.05, 4.69) is 5.32 Å². The third-order valence-corrected chi connectivity index (χ3v) is 3.83. The van der Waals surface area contributed by atoms with Gasteiger partial charge >= 0.3 is 0 Å². The Bertz CT molecular complexity index is 332. The first-order valence-corrected chi connectivity index (χ1v) is 8.11. The summed E-state index contributed by atoms with van der Waals surface area (Å²) in [6, 6.07) is -0.877. The van der Waals surface area contributed by atoms with Gasteiger partial charge in [-0.25, -0.2) is 0 Å². The Hall–Kier alpha value is -0.440. The molecular formula is C14H26ClNO6. The number of ether oxygens (including phenoxy) is 2. The quantitative estimate of drug-likeness (QED) is 0.341. The average Bonchev–Trinajstić information content (AvgIpc) is 2.49. The molecular weight excluding hydrogens is 314 g/mol. The van der Waals surface area contributed by atoms with Crippen molar-refractivity contribution in [1.29, 1.82) is 0 Å². The third-order valence-electron chi connectivity index (χ3n) is 3.56. The fourth-order valence-electron chi connectivity index (χ4n) is 2.36. The summed E-state index contributed by atoms with van der Waals surface area (Å²) < 4.78 is 11.0. The maximum Gasteiger partial charge on any atom is 0.217 e. The fourth-order valence-corrected chi connectivity index (χ4v) is 2.55. The van der Waals surface area contributed by atoms with Crippen LogP contribution in [0.2, 0.25) is 0 Å². The van der Waals surface area contributed by atoms with Crippen molar-refractivity contribution in [1.82, 2.24) is 5.32 Å². The standard InChI is InChI=1S/C14H26ClNO6/c1-9(18)16-11-13(20)12(19)10(8-17)22-14(11)21-7-5-3-2-4-6-15/h10-14,17,19-20H,2-8H2,1H3,(H,16,18)/t10-,11+,12+,13+,14-/m0/s1. The number of alkyl halides is 1. The minimum absolute atomic E-state index is 0.363. The van der Waals surface area contributed by atoms with Gasteiger partial charge in [0.05, 0.1) is 6.61 Å². The van der Waals surface area contributed by atoms with Crippen LogP contribution in [-0.4, -0.2) is 71.0 Å². The van der Waals surface area contributed by atoms with E-state index in [4.69, 9.17) is 21.1 Å². The van der Waals surface area contributed by atoms with E-state index < -0.39 is 37.3 Å². The van der Waals surface area contributed by atoms with Crippen molar-refractivity contribution in [2.45, 2.75) is 63.3 Å². The van der Waals surface area contributed by atoms with Crippen LogP contribution in [0.4, 0.5) is 0 Å². The summed E-state index contributed by atoms with van der Waals surface area (Å²) in [6.07, 6.45) is -0.692. The van der Waals surface area contributed by atoms with E-state index in [1.54, 1.807) is 0 Å². The Kier molecular flexibility index (Phi) is 9.23. The summed E-state index contributed by atoms with van der Waals surface area (Å²) in [6.45, 7) is 1.26. The zero-order valence-corrected chi connectivity index (χ0v) is 13.5. The van der Waals surface area contributed by atoms with Crippen molar-refractivity contribution < 1.29 is 29.6 Å². The van der Waals surface area contributed by atoms with Gasteiger partial charge in [-0.2, -0.15) is 0 Å². The van der Waals surface area contributed by atoms with Crippen molar-refractivity contribution in [2.24, 2.45) is 0 Å². The Balaban J connectivity index is 2.52. The molecule has 1 aliphatic heterocycles. The molecule has 8 heteroatoms. The monoisotopic (exact) mass is 339 g/mol. The second-order valence-corrected chi connectivity index (χ2v) is 5.78. The molecule has 1 heterocycles. The van der Waals surface area contributed by atoms with Crippen LogP contribution in [0.25, 0.3) is 0 Å². The summed E-state index contributed by atoms with van der Waals surface area (Å²) in [7, 11) is 0. The molecule has 22 heavy (non-hydrogen) atoms. The van der Waals surface area contributed by atoms with Crippen molar-refractivity contribution in [3.8, 4) is 0 Å². The predicted molar refractivity (Wildman–Crippen MR) is 80.5 cm³/mol. The number of hydrogen-bond acceptors (Lipinski definition) is 6. The summed E-state index contributed by atoms with van der Waals surface area (Å²) >= 11 is 5.60. The second-order valence-electron chi connectivity index (χ2n) is 5.41. The highest BCUT2D eigenvalue weighted by molar-refractivity contribution is 6.17. The number of carbonyl (C=O) groups is 1. The van der Waals surface area contributed by atoms with Crippen LogP contribution in [0.5, 0.6) is 0 Å². The molecule has 0 unspecified atom stereocenters. The summed E-state index contributed by atoms with van der Waals surface area (Å²) in [5.41, 5.74) is 0. The van der Waals surface area contributed by atoms with Gasteiger partial charge in [0, 0.05) is 19.4 Å². The number of carbonyl (C=O) groups excluding carboxylic acids is 1. The van der Waals surface area contributed by atoms with Gasteiger partial charge in [-0.05, 0) is 12.8 Å². The molecule has 1 amide bonds. The van der Waals surface area contributed by atoms with Crippen molar-refractivity contribution in [3.05, 3.63) is 0 Å². The molecule has 0 aromatic rings. The van der Waals surface area contributed by atoms with Crippen molar-refractivity contribution in [2.75, 3.05) is 19.1 Å². The molecule has 1 fully saturated rings. The molecule has 0 aromatic heterocycles. The molecule has 0 aliphatic carbocycles. The highest BCUT2D eigenvalue weighted by atomic mass is 35.5. The Labute approximate surface area is 135 Å². The average molecular weight is 340 g/mol. The normalized spacial score (nSPS) is 32.0. The van der Waals surface area contributed by atoms with Gasteiger partial charge in [0.15, 0.2) is 6.29 Å². The number of amides is 1. The van der Waals surface area contributed by atoms with Gasteiger partial charge in [-0.3, -0.25) is 4.79 Å². The van der Waals surface area contributed by atoms with Gasteiger partial charge in [0.1, 0.15) is 24.4 Å². The number of aliphatic hydroxyl groups is 3.